The number of aromatic nitrogens is 1. The number of nitrogens with zero attached hydrogens (tertiary/aromatic N) is 1. The average Bonchev–Trinajstić information content (AvgIpc) is 2.84. The fraction of sp³-hybridized carbons (Fsp3) is 0.286. The summed E-state index contributed by atoms with van der Waals surface area (Å²) in [6.07, 6.45) is -4.65. The molecule has 1 heterocycles. The van der Waals surface area contributed by atoms with Gasteiger partial charge in [0.1, 0.15) is 10.6 Å². The van der Waals surface area contributed by atoms with Gasteiger partial charge in [0.15, 0.2) is 5.76 Å². The van der Waals surface area contributed by atoms with Gasteiger partial charge in [-0.3, -0.25) is 4.79 Å². The zero-order valence-corrected chi connectivity index (χ0v) is 14.0. The number of hydrogen-bond donors (Lipinski definition) is 2. The van der Waals surface area contributed by atoms with Crippen LogP contribution < -0.4 is 10.0 Å². The summed E-state index contributed by atoms with van der Waals surface area (Å²) in [6, 6.07) is 4.38. The van der Waals surface area contributed by atoms with Crippen LogP contribution in [0.25, 0.3) is 0 Å². The molecule has 1 amide bonds. The minimum absolute atomic E-state index is 0.0350. The highest BCUT2D eigenvalue weighted by molar-refractivity contribution is 7.89. The fourth-order valence-corrected chi connectivity index (χ4v) is 3.43. The van der Waals surface area contributed by atoms with Crippen molar-refractivity contribution in [3.8, 4) is 0 Å². The van der Waals surface area contributed by atoms with Gasteiger partial charge in [-0.2, -0.15) is 13.2 Å². The molecule has 1 aromatic heterocycles. The molecule has 0 aliphatic heterocycles. The quantitative estimate of drug-likeness (QED) is 0.832. The van der Waals surface area contributed by atoms with E-state index in [1.54, 1.807) is 0 Å². The Morgan fingerprint density at radius 1 is 1.24 bits per heavy atom. The number of hydrogen-bond acceptors (Lipinski definition) is 5. The molecule has 2 aromatic rings. The summed E-state index contributed by atoms with van der Waals surface area (Å²) in [4.78, 5) is 11.6. The number of halogens is 3. The molecule has 0 radical (unpaired) electrons. The number of carbonyl (C=O) groups excluding carboxylic acids is 1. The van der Waals surface area contributed by atoms with Crippen LogP contribution >= 0.6 is 0 Å². The minimum atomic E-state index is -4.65. The molecule has 0 spiro atoms. The molecule has 0 atom stereocenters. The highest BCUT2D eigenvalue weighted by Crippen LogP contribution is 2.34. The lowest BCUT2D eigenvalue weighted by Crippen LogP contribution is -2.33. The molecule has 0 bridgehead atoms. The van der Waals surface area contributed by atoms with Gasteiger partial charge in [0.05, 0.1) is 17.8 Å². The van der Waals surface area contributed by atoms with Gasteiger partial charge < -0.3 is 9.84 Å². The molecule has 136 valence electrons. The number of sulfonamides is 1. The first-order valence-electron chi connectivity index (χ1n) is 6.91. The minimum Gasteiger partial charge on any atom is -0.360 e. The lowest BCUT2D eigenvalue weighted by molar-refractivity contribution is -0.137. The second kappa shape index (κ2) is 6.84. The van der Waals surface area contributed by atoms with Gasteiger partial charge in [0.25, 0.3) is 0 Å². The van der Waals surface area contributed by atoms with Gasteiger partial charge in [-0.25, -0.2) is 13.1 Å². The Bertz CT molecular complexity index is 871. The molecule has 0 aliphatic carbocycles. The van der Waals surface area contributed by atoms with Crippen LogP contribution in [0.1, 0.15) is 17.0 Å². The predicted molar refractivity (Wildman–Crippen MR) is 81.2 cm³/mol. The molecule has 0 aliphatic rings. The first-order valence-corrected chi connectivity index (χ1v) is 8.39. The maximum Gasteiger partial charge on any atom is 0.418 e. The fourth-order valence-electron chi connectivity index (χ4n) is 2.12. The number of carbonyl (C=O) groups is 1. The summed E-state index contributed by atoms with van der Waals surface area (Å²) in [6.45, 7) is 2.04. The van der Waals surface area contributed by atoms with E-state index < -0.39 is 39.9 Å². The number of anilines is 1. The molecular weight excluding hydrogens is 363 g/mol. The summed E-state index contributed by atoms with van der Waals surface area (Å²) < 4.78 is 69.6. The summed E-state index contributed by atoms with van der Waals surface area (Å²) >= 11 is 0. The van der Waals surface area contributed by atoms with E-state index in [0.717, 1.165) is 12.1 Å². The number of nitrogens with one attached hydrogen (secondary N) is 2. The van der Waals surface area contributed by atoms with E-state index in [1.807, 2.05) is 10.0 Å². The van der Waals surface area contributed by atoms with Crippen molar-refractivity contribution in [2.75, 3.05) is 11.9 Å². The van der Waals surface area contributed by atoms with Crippen molar-refractivity contribution in [2.45, 2.75) is 24.9 Å². The van der Waals surface area contributed by atoms with Crippen LogP contribution in [-0.2, 0) is 21.0 Å². The number of amides is 1. The second-order valence-corrected chi connectivity index (χ2v) is 6.77. The average molecular weight is 377 g/mol. The lowest BCUT2D eigenvalue weighted by atomic mass is 10.1. The molecule has 2 N–H and O–H groups in total. The Labute approximate surface area is 141 Å². The smallest absolute Gasteiger partial charge is 0.360 e. The largest absolute Gasteiger partial charge is 0.418 e. The van der Waals surface area contributed by atoms with Gasteiger partial charge in [0.2, 0.25) is 15.9 Å². The van der Waals surface area contributed by atoms with Crippen molar-refractivity contribution < 1.29 is 30.9 Å². The van der Waals surface area contributed by atoms with Gasteiger partial charge in [-0.05, 0) is 26.0 Å². The highest BCUT2D eigenvalue weighted by Gasteiger charge is 2.33. The van der Waals surface area contributed by atoms with Gasteiger partial charge >= 0.3 is 6.18 Å². The predicted octanol–water partition coefficient (Wildman–Crippen LogP) is 2.23. The number of alkyl halides is 3. The Morgan fingerprint density at radius 2 is 1.88 bits per heavy atom. The summed E-state index contributed by atoms with van der Waals surface area (Å²) in [7, 11) is -4.09. The third-order valence-corrected chi connectivity index (χ3v) is 4.81. The number of aryl methyl sites for hydroxylation is 2. The van der Waals surface area contributed by atoms with Crippen LogP contribution in [0.2, 0.25) is 0 Å². The van der Waals surface area contributed by atoms with Crippen molar-refractivity contribution in [1.82, 2.24) is 9.88 Å². The second-order valence-electron chi connectivity index (χ2n) is 5.07. The van der Waals surface area contributed by atoms with Crippen molar-refractivity contribution >= 4 is 21.6 Å². The van der Waals surface area contributed by atoms with Crippen LogP contribution in [0.3, 0.4) is 0 Å². The van der Waals surface area contributed by atoms with E-state index in [2.05, 4.69) is 5.16 Å². The topological polar surface area (TPSA) is 101 Å². The molecule has 0 saturated carbocycles. The maximum absolute atomic E-state index is 12.9. The molecule has 0 fully saturated rings. The van der Waals surface area contributed by atoms with Gasteiger partial charge in [-0.1, -0.05) is 17.3 Å². The molecule has 7 nitrogen and oxygen atoms in total. The van der Waals surface area contributed by atoms with Crippen molar-refractivity contribution in [2.24, 2.45) is 0 Å². The van der Waals surface area contributed by atoms with E-state index in [0.29, 0.717) is 0 Å². The Morgan fingerprint density at radius 3 is 2.44 bits per heavy atom. The summed E-state index contributed by atoms with van der Waals surface area (Å²) in [5.74, 6) is -0.917. The van der Waals surface area contributed by atoms with Crippen LogP contribution in [0.5, 0.6) is 0 Å². The highest BCUT2D eigenvalue weighted by atomic mass is 32.2. The number of benzene rings is 1. The van der Waals surface area contributed by atoms with Crippen molar-refractivity contribution in [3.05, 3.63) is 41.3 Å². The Kier molecular flexibility index (Phi) is 5.18. The molecule has 0 unspecified atom stereocenters. The molecular formula is C14H14F3N3O4S. The van der Waals surface area contributed by atoms with Crippen LogP contribution in [0.15, 0.2) is 33.7 Å². The van der Waals surface area contributed by atoms with Gasteiger partial charge in [0, 0.05) is 0 Å². The summed E-state index contributed by atoms with van der Waals surface area (Å²) in [5, 5.41) is 5.54. The number of rotatable bonds is 5. The monoisotopic (exact) mass is 377 g/mol. The molecule has 2 rings (SSSR count). The Balaban J connectivity index is 2.10. The molecule has 25 heavy (non-hydrogen) atoms. The van der Waals surface area contributed by atoms with Crippen molar-refractivity contribution in [3.63, 3.8) is 0 Å². The first-order chi connectivity index (χ1) is 11.5. The lowest BCUT2D eigenvalue weighted by Gasteiger charge is -2.13. The van der Waals surface area contributed by atoms with Crippen LogP contribution in [0.4, 0.5) is 18.9 Å². The maximum atomic E-state index is 12.9. The van der Waals surface area contributed by atoms with Crippen molar-refractivity contribution in [1.29, 1.82) is 0 Å². The first kappa shape index (κ1) is 18.9. The zero-order chi connectivity index (χ0) is 18.8. The van der Waals surface area contributed by atoms with E-state index in [1.165, 1.54) is 26.0 Å². The third kappa shape index (κ3) is 4.37. The van der Waals surface area contributed by atoms with E-state index in [9.17, 15) is 26.4 Å². The van der Waals surface area contributed by atoms with Crippen LogP contribution in [0, 0.1) is 13.8 Å². The van der Waals surface area contributed by atoms with E-state index in [-0.39, 0.29) is 16.3 Å². The molecule has 1 aromatic carbocycles. The third-order valence-electron chi connectivity index (χ3n) is 3.17. The zero-order valence-electron chi connectivity index (χ0n) is 13.1. The standard InChI is InChI=1S/C14H14F3N3O4S/c1-8-13(9(2)24-20-8)25(22,23)18-7-12(21)19-11-6-4-3-5-10(11)14(15,16)17/h3-6,18H,7H2,1-2H3,(H,19,21). The Hall–Kier alpha value is -2.40. The summed E-state index contributed by atoms with van der Waals surface area (Å²) in [5.41, 5.74) is -1.39. The molecule has 11 heteroatoms. The molecule has 0 saturated heterocycles. The SMILES string of the molecule is Cc1noc(C)c1S(=O)(=O)NCC(=O)Nc1ccccc1C(F)(F)F. The normalized spacial score (nSPS) is 12.2. The van der Waals surface area contributed by atoms with E-state index >= 15 is 0 Å². The number of para-hydroxylation sites is 1. The van der Waals surface area contributed by atoms with E-state index in [4.69, 9.17) is 4.52 Å². The van der Waals surface area contributed by atoms with Gasteiger partial charge in [-0.15, -0.1) is 0 Å². The van der Waals surface area contributed by atoms with Crippen LogP contribution in [-0.4, -0.2) is 26.0 Å².